The van der Waals surface area contributed by atoms with E-state index in [1.54, 1.807) is 0 Å². The molecule has 3 rings (SSSR count). The van der Waals surface area contributed by atoms with Gasteiger partial charge in [-0.15, -0.1) is 0 Å². The van der Waals surface area contributed by atoms with Gasteiger partial charge in [-0.3, -0.25) is 0 Å². The van der Waals surface area contributed by atoms with Crippen molar-refractivity contribution < 1.29 is 9.50 Å². The number of anilines is 1. The van der Waals surface area contributed by atoms with E-state index in [-0.39, 0.29) is 17.6 Å². The number of nitrogens with one attached hydrogen (secondary N) is 1. The molecule has 4 unspecified atom stereocenters. The van der Waals surface area contributed by atoms with Crippen molar-refractivity contribution in [3.8, 4) is 5.75 Å². The zero-order valence-electron chi connectivity index (χ0n) is 16.2. The van der Waals surface area contributed by atoms with Crippen molar-refractivity contribution in [2.75, 3.05) is 18.4 Å². The van der Waals surface area contributed by atoms with Gasteiger partial charge < -0.3 is 15.3 Å². The third-order valence-electron chi connectivity index (χ3n) is 5.73. The van der Waals surface area contributed by atoms with E-state index in [1.165, 1.54) is 43.9 Å². The smallest absolute Gasteiger partial charge is 0.198 e. The van der Waals surface area contributed by atoms with Crippen LogP contribution in [0.2, 0.25) is 0 Å². The molecule has 4 atom stereocenters. The van der Waals surface area contributed by atoms with Crippen molar-refractivity contribution in [3.05, 3.63) is 24.0 Å². The van der Waals surface area contributed by atoms with Gasteiger partial charge in [0.25, 0.3) is 0 Å². The number of halogens is 1. The van der Waals surface area contributed by atoms with Crippen LogP contribution in [0, 0.1) is 23.6 Å². The number of piperidine rings is 1. The fraction of sp³-hybridized carbons (Fsp3) is 0.667. The monoisotopic (exact) mass is 361 g/mol. The number of aromatic hydroxyl groups is 1. The first kappa shape index (κ1) is 19.0. The van der Waals surface area contributed by atoms with E-state index in [9.17, 15) is 9.50 Å². The second-order valence-corrected chi connectivity index (χ2v) is 8.42. The summed E-state index contributed by atoms with van der Waals surface area (Å²) in [4.78, 5) is 7.36. The molecule has 1 aromatic carbocycles. The Bertz CT molecular complexity index is 638. The Kier molecular flexibility index (Phi) is 6.05. The number of hydrogen-bond donors (Lipinski definition) is 2. The number of phenolic OH excluding ortho intramolecular Hbond substituents is 1. The van der Waals surface area contributed by atoms with Crippen molar-refractivity contribution in [2.24, 2.45) is 22.7 Å². The zero-order chi connectivity index (χ0) is 18.7. The Morgan fingerprint density at radius 2 is 1.85 bits per heavy atom. The molecule has 1 aliphatic carbocycles. The zero-order valence-corrected chi connectivity index (χ0v) is 16.2. The van der Waals surface area contributed by atoms with Gasteiger partial charge in [0.2, 0.25) is 0 Å². The van der Waals surface area contributed by atoms with Crippen LogP contribution in [-0.4, -0.2) is 35.1 Å². The van der Waals surface area contributed by atoms with E-state index >= 15 is 0 Å². The van der Waals surface area contributed by atoms with Crippen LogP contribution < -0.4 is 5.32 Å². The largest absolute Gasteiger partial charge is 0.506 e. The van der Waals surface area contributed by atoms with Crippen LogP contribution in [0.3, 0.4) is 0 Å². The van der Waals surface area contributed by atoms with Crippen molar-refractivity contribution in [3.63, 3.8) is 0 Å². The number of benzene rings is 1. The fourth-order valence-electron chi connectivity index (χ4n) is 4.40. The van der Waals surface area contributed by atoms with Crippen LogP contribution in [0.1, 0.15) is 52.9 Å². The highest BCUT2D eigenvalue weighted by Crippen LogP contribution is 2.29. The van der Waals surface area contributed by atoms with Gasteiger partial charge in [-0.25, -0.2) is 9.38 Å². The number of aliphatic imine (C=N–C) groups is 1. The summed E-state index contributed by atoms with van der Waals surface area (Å²) in [5, 5.41) is 13.4. The van der Waals surface area contributed by atoms with Crippen LogP contribution in [0.5, 0.6) is 5.75 Å². The average Bonchev–Trinajstić information content (AvgIpc) is 2.58. The standard InChI is InChI=1S/C21H32FN3O/c1-14-10-15(2)13-25(12-14)21(23-18-7-5-4-6-16(18)3)24-19-11-17(22)8-9-20(19)26/h8-9,11,14-16,18,26H,4-7,10,12-13H2,1-3H3,(H,23,24). The minimum Gasteiger partial charge on any atom is -0.506 e. The highest BCUT2D eigenvalue weighted by atomic mass is 19.1. The maximum Gasteiger partial charge on any atom is 0.198 e. The maximum atomic E-state index is 13.7. The Balaban J connectivity index is 1.88. The van der Waals surface area contributed by atoms with Crippen LogP contribution in [0.25, 0.3) is 0 Å². The molecule has 0 amide bonds. The van der Waals surface area contributed by atoms with Crippen molar-refractivity contribution in [2.45, 2.75) is 58.9 Å². The van der Waals surface area contributed by atoms with Crippen molar-refractivity contribution in [1.29, 1.82) is 0 Å². The molecule has 1 heterocycles. The van der Waals surface area contributed by atoms with Gasteiger partial charge in [0.1, 0.15) is 11.6 Å². The Labute approximate surface area is 156 Å². The van der Waals surface area contributed by atoms with Gasteiger partial charge in [-0.1, -0.05) is 33.6 Å². The number of guanidine groups is 1. The minimum atomic E-state index is -0.365. The minimum absolute atomic E-state index is 0.0499. The van der Waals surface area contributed by atoms with Gasteiger partial charge >= 0.3 is 0 Å². The lowest BCUT2D eigenvalue weighted by Crippen LogP contribution is -2.46. The highest BCUT2D eigenvalue weighted by Gasteiger charge is 2.27. The third kappa shape index (κ3) is 4.68. The van der Waals surface area contributed by atoms with Crippen molar-refractivity contribution in [1.82, 2.24) is 4.90 Å². The molecular formula is C21H32FN3O. The predicted molar refractivity (Wildman–Crippen MR) is 105 cm³/mol. The molecule has 0 bridgehead atoms. The summed E-state index contributed by atoms with van der Waals surface area (Å²) in [6, 6.07) is 4.28. The number of nitrogens with zero attached hydrogens (tertiary/aromatic N) is 2. The fourth-order valence-corrected chi connectivity index (χ4v) is 4.40. The summed E-state index contributed by atoms with van der Waals surface area (Å²) in [5.74, 6) is 2.21. The molecule has 1 aromatic rings. The molecule has 26 heavy (non-hydrogen) atoms. The molecule has 4 nitrogen and oxygen atoms in total. The number of likely N-dealkylation sites (tertiary alicyclic amines) is 1. The molecule has 0 spiro atoms. The molecule has 1 aliphatic heterocycles. The molecule has 2 N–H and O–H groups in total. The molecule has 2 fully saturated rings. The predicted octanol–water partition coefficient (Wildman–Crippen LogP) is 4.86. The lowest BCUT2D eigenvalue weighted by atomic mass is 9.86. The first-order chi connectivity index (χ1) is 12.4. The third-order valence-corrected chi connectivity index (χ3v) is 5.73. The topological polar surface area (TPSA) is 47.9 Å². The number of phenols is 1. The first-order valence-electron chi connectivity index (χ1n) is 10.0. The molecule has 1 saturated carbocycles. The molecular weight excluding hydrogens is 329 g/mol. The molecule has 0 aromatic heterocycles. The Morgan fingerprint density at radius 1 is 1.15 bits per heavy atom. The second kappa shape index (κ2) is 8.28. The van der Waals surface area contributed by atoms with Gasteiger partial charge in [0.05, 0.1) is 11.7 Å². The highest BCUT2D eigenvalue weighted by molar-refractivity contribution is 5.95. The summed E-state index contributed by atoms with van der Waals surface area (Å²) in [7, 11) is 0. The molecule has 0 radical (unpaired) electrons. The Morgan fingerprint density at radius 3 is 2.54 bits per heavy atom. The molecule has 144 valence electrons. The van der Waals surface area contributed by atoms with Crippen LogP contribution in [0.15, 0.2) is 23.2 Å². The number of hydrogen-bond acceptors (Lipinski definition) is 2. The van der Waals surface area contributed by atoms with Crippen LogP contribution in [0.4, 0.5) is 10.1 Å². The van der Waals surface area contributed by atoms with Gasteiger partial charge in [-0.2, -0.15) is 0 Å². The summed E-state index contributed by atoms with van der Waals surface area (Å²) in [6.45, 7) is 8.68. The number of rotatable bonds is 2. The molecule has 5 heteroatoms. The average molecular weight is 362 g/mol. The molecule has 1 saturated heterocycles. The Hall–Kier alpha value is -1.78. The van der Waals surface area contributed by atoms with Crippen molar-refractivity contribution >= 4 is 11.6 Å². The van der Waals surface area contributed by atoms with E-state index < -0.39 is 0 Å². The lowest BCUT2D eigenvalue weighted by Gasteiger charge is -2.38. The summed E-state index contributed by atoms with van der Waals surface area (Å²) < 4.78 is 13.7. The summed E-state index contributed by atoms with van der Waals surface area (Å²) in [5.41, 5.74) is 0.387. The van der Waals surface area contributed by atoms with E-state index in [0.29, 0.717) is 23.4 Å². The van der Waals surface area contributed by atoms with Crippen LogP contribution in [-0.2, 0) is 0 Å². The van der Waals surface area contributed by atoms with Gasteiger partial charge in [-0.05, 0) is 49.1 Å². The van der Waals surface area contributed by atoms with Gasteiger partial charge in [0, 0.05) is 19.2 Å². The summed E-state index contributed by atoms with van der Waals surface area (Å²) in [6.07, 6.45) is 6.01. The quantitative estimate of drug-likeness (QED) is 0.449. The summed E-state index contributed by atoms with van der Waals surface area (Å²) >= 11 is 0. The van der Waals surface area contributed by atoms with Crippen LogP contribution >= 0.6 is 0 Å². The second-order valence-electron chi connectivity index (χ2n) is 8.42. The van der Waals surface area contributed by atoms with E-state index in [4.69, 9.17) is 4.99 Å². The van der Waals surface area contributed by atoms with E-state index in [1.807, 2.05) is 0 Å². The lowest BCUT2D eigenvalue weighted by molar-refractivity contribution is 0.211. The normalized spacial score (nSPS) is 30.3. The van der Waals surface area contributed by atoms with Gasteiger partial charge in [0.15, 0.2) is 5.96 Å². The SMILES string of the molecule is CC1CC(C)CN(C(=NC2CCCCC2C)Nc2cc(F)ccc2O)C1. The maximum absolute atomic E-state index is 13.7. The van der Waals surface area contributed by atoms with E-state index in [2.05, 4.69) is 31.0 Å². The van der Waals surface area contributed by atoms with E-state index in [0.717, 1.165) is 25.5 Å². The molecule has 2 aliphatic rings. The first-order valence-corrected chi connectivity index (χ1v) is 10.0.